The molecule has 182 valence electrons. The van der Waals surface area contributed by atoms with Gasteiger partial charge < -0.3 is 14.8 Å². The number of rotatable bonds is 6. The van der Waals surface area contributed by atoms with E-state index in [0.717, 1.165) is 70.0 Å². The van der Waals surface area contributed by atoms with Crippen LogP contribution in [0.1, 0.15) is 59.8 Å². The molecule has 5 heterocycles. The molecule has 0 aromatic carbocycles. The molecule has 0 unspecified atom stereocenters. The number of hydrogen-bond donors (Lipinski definition) is 1. The molecule has 1 fully saturated rings. The molecule has 9 heteroatoms. The summed E-state index contributed by atoms with van der Waals surface area (Å²) >= 11 is 1.59. The summed E-state index contributed by atoms with van der Waals surface area (Å²) in [6, 6.07) is 6.61. The second-order valence-electron chi connectivity index (χ2n) is 9.76. The maximum absolute atomic E-state index is 13.4. The standard InChI is InChI=1S/C26H31N7OS/c1-16(2)22-23(18-12-17(3)25-28-15-29-33(25)14-18)30-20-13-21(35-24(20)22)26(34)31(4)19-6-10-32(11-7-19)9-5-8-27/h12-16,19,30H,5-7,9-11H2,1-4H3. The first-order chi connectivity index (χ1) is 16.9. The van der Waals surface area contributed by atoms with Gasteiger partial charge in [0.25, 0.3) is 5.91 Å². The molecule has 1 amide bonds. The highest BCUT2D eigenvalue weighted by Gasteiger charge is 2.28. The Kier molecular flexibility index (Phi) is 6.34. The van der Waals surface area contributed by atoms with Crippen LogP contribution in [0.2, 0.25) is 0 Å². The van der Waals surface area contributed by atoms with Crippen LogP contribution in [0.25, 0.3) is 27.1 Å². The van der Waals surface area contributed by atoms with Crippen molar-refractivity contribution in [1.82, 2.24) is 29.4 Å². The van der Waals surface area contributed by atoms with Crippen LogP contribution in [0, 0.1) is 18.3 Å². The molecule has 0 saturated carbocycles. The predicted octanol–water partition coefficient (Wildman–Crippen LogP) is 4.82. The monoisotopic (exact) mass is 489 g/mol. The molecule has 1 N–H and O–H groups in total. The van der Waals surface area contributed by atoms with Gasteiger partial charge in [0.2, 0.25) is 0 Å². The minimum absolute atomic E-state index is 0.0891. The van der Waals surface area contributed by atoms with Gasteiger partial charge in [-0.25, -0.2) is 9.50 Å². The van der Waals surface area contributed by atoms with E-state index in [1.807, 2.05) is 28.7 Å². The Morgan fingerprint density at radius 2 is 2.11 bits per heavy atom. The number of hydrogen-bond acceptors (Lipinski definition) is 6. The molecule has 4 aromatic rings. The smallest absolute Gasteiger partial charge is 0.264 e. The second-order valence-corrected chi connectivity index (χ2v) is 10.8. The number of fused-ring (bicyclic) bond motifs is 2. The number of nitrogens with one attached hydrogen (secondary N) is 1. The predicted molar refractivity (Wildman–Crippen MR) is 139 cm³/mol. The van der Waals surface area contributed by atoms with E-state index in [4.69, 9.17) is 5.26 Å². The number of amides is 1. The molecular formula is C26H31N7OS. The van der Waals surface area contributed by atoms with Crippen LogP contribution >= 0.6 is 11.3 Å². The zero-order chi connectivity index (χ0) is 24.7. The highest BCUT2D eigenvalue weighted by Crippen LogP contribution is 2.40. The van der Waals surface area contributed by atoms with E-state index in [2.05, 4.69) is 52.9 Å². The van der Waals surface area contributed by atoms with Crippen LogP contribution in [0.3, 0.4) is 0 Å². The van der Waals surface area contributed by atoms with Crippen molar-refractivity contribution in [3.8, 4) is 17.3 Å². The van der Waals surface area contributed by atoms with Gasteiger partial charge in [-0.1, -0.05) is 13.8 Å². The first-order valence-electron chi connectivity index (χ1n) is 12.2. The summed E-state index contributed by atoms with van der Waals surface area (Å²) in [6.07, 6.45) is 6.05. The van der Waals surface area contributed by atoms with Crippen molar-refractivity contribution in [2.24, 2.45) is 0 Å². The highest BCUT2D eigenvalue weighted by molar-refractivity contribution is 7.21. The van der Waals surface area contributed by atoms with Crippen molar-refractivity contribution >= 4 is 33.1 Å². The number of nitrogens with zero attached hydrogens (tertiary/aromatic N) is 6. The average molecular weight is 490 g/mol. The number of piperidine rings is 1. The number of aromatic amines is 1. The molecule has 4 aromatic heterocycles. The van der Waals surface area contributed by atoms with Gasteiger partial charge in [-0.05, 0) is 48.9 Å². The zero-order valence-electron chi connectivity index (χ0n) is 20.7. The molecule has 0 atom stereocenters. The summed E-state index contributed by atoms with van der Waals surface area (Å²) in [5.74, 6) is 0.383. The Balaban J connectivity index is 1.41. The molecule has 8 nitrogen and oxygen atoms in total. The number of carbonyl (C=O) groups excluding carboxylic acids is 1. The molecule has 1 aliphatic heterocycles. The number of carbonyl (C=O) groups is 1. The fourth-order valence-corrected chi connectivity index (χ4v) is 6.49. The molecule has 5 rings (SSSR count). The van der Waals surface area contributed by atoms with Crippen LogP contribution in [0.15, 0.2) is 24.7 Å². The Hall–Kier alpha value is -3.22. The Morgan fingerprint density at radius 3 is 2.83 bits per heavy atom. The third kappa shape index (κ3) is 4.32. The summed E-state index contributed by atoms with van der Waals surface area (Å²) in [5.41, 5.74) is 6.33. The fraction of sp³-hybridized carbons (Fsp3) is 0.462. The summed E-state index contributed by atoms with van der Waals surface area (Å²) in [5, 5.41) is 13.2. The minimum Gasteiger partial charge on any atom is -0.354 e. The molecule has 0 bridgehead atoms. The molecule has 0 aliphatic carbocycles. The van der Waals surface area contributed by atoms with Gasteiger partial charge in [-0.3, -0.25) is 4.79 Å². The van der Waals surface area contributed by atoms with E-state index >= 15 is 0 Å². The number of likely N-dealkylation sites (tertiary alicyclic amines) is 1. The third-order valence-electron chi connectivity index (χ3n) is 7.11. The lowest BCUT2D eigenvalue weighted by molar-refractivity contribution is 0.0649. The largest absolute Gasteiger partial charge is 0.354 e. The van der Waals surface area contributed by atoms with Crippen molar-refractivity contribution in [3.63, 3.8) is 0 Å². The molecule has 0 radical (unpaired) electrons. The van der Waals surface area contributed by atoms with Gasteiger partial charge in [0.1, 0.15) is 6.33 Å². The van der Waals surface area contributed by atoms with Gasteiger partial charge in [-0.2, -0.15) is 10.4 Å². The molecule has 35 heavy (non-hydrogen) atoms. The van der Waals surface area contributed by atoms with Gasteiger partial charge in [0.15, 0.2) is 5.65 Å². The van der Waals surface area contributed by atoms with Crippen LogP contribution in [-0.2, 0) is 0 Å². The number of aryl methyl sites for hydroxylation is 1. The number of H-pyrrole nitrogens is 1. The summed E-state index contributed by atoms with van der Waals surface area (Å²) < 4.78 is 2.97. The summed E-state index contributed by atoms with van der Waals surface area (Å²) in [6.45, 7) is 9.13. The second kappa shape index (κ2) is 9.44. The molecular weight excluding hydrogens is 458 g/mol. The lowest BCUT2D eigenvalue weighted by Gasteiger charge is -2.36. The quantitative estimate of drug-likeness (QED) is 0.419. The molecule has 0 spiro atoms. The van der Waals surface area contributed by atoms with Gasteiger partial charge in [0, 0.05) is 50.9 Å². The van der Waals surface area contributed by atoms with Gasteiger partial charge in [0.05, 0.1) is 26.9 Å². The van der Waals surface area contributed by atoms with Gasteiger partial charge in [-0.15, -0.1) is 11.3 Å². The Morgan fingerprint density at radius 1 is 1.34 bits per heavy atom. The van der Waals surface area contributed by atoms with Crippen molar-refractivity contribution in [3.05, 3.63) is 40.7 Å². The lowest BCUT2D eigenvalue weighted by atomic mass is 9.99. The molecule has 1 saturated heterocycles. The summed E-state index contributed by atoms with van der Waals surface area (Å²) in [7, 11) is 1.93. The Labute approximate surface area is 209 Å². The summed E-state index contributed by atoms with van der Waals surface area (Å²) in [4.78, 5) is 26.4. The third-order valence-corrected chi connectivity index (χ3v) is 8.26. The highest BCUT2D eigenvalue weighted by atomic mass is 32.1. The number of nitriles is 1. The van der Waals surface area contributed by atoms with Crippen LogP contribution in [0.4, 0.5) is 0 Å². The first kappa shape index (κ1) is 23.5. The maximum atomic E-state index is 13.4. The van der Waals surface area contributed by atoms with Crippen molar-refractivity contribution in [2.75, 3.05) is 26.7 Å². The first-order valence-corrected chi connectivity index (χ1v) is 13.0. The lowest BCUT2D eigenvalue weighted by Crippen LogP contribution is -2.45. The minimum atomic E-state index is 0.0891. The van der Waals surface area contributed by atoms with Crippen molar-refractivity contribution in [2.45, 2.75) is 52.0 Å². The van der Waals surface area contributed by atoms with E-state index in [1.54, 1.807) is 17.7 Å². The number of aromatic nitrogens is 4. The molecule has 1 aliphatic rings. The Bertz CT molecular complexity index is 1410. The van der Waals surface area contributed by atoms with E-state index in [0.29, 0.717) is 12.3 Å². The number of pyridine rings is 1. The van der Waals surface area contributed by atoms with Crippen LogP contribution in [0.5, 0.6) is 0 Å². The normalized spacial score (nSPS) is 15.3. The van der Waals surface area contributed by atoms with E-state index in [1.165, 1.54) is 5.56 Å². The van der Waals surface area contributed by atoms with Gasteiger partial charge >= 0.3 is 0 Å². The fourth-order valence-electron chi connectivity index (χ4n) is 5.19. The SMILES string of the molecule is Cc1cc(-c2[nH]c3cc(C(=O)N(C)C4CCN(CCC#N)CC4)sc3c2C(C)C)cn2ncnc12. The topological polar surface area (TPSA) is 93.3 Å². The van der Waals surface area contributed by atoms with Crippen LogP contribution in [-0.4, -0.2) is 68.0 Å². The maximum Gasteiger partial charge on any atom is 0.264 e. The van der Waals surface area contributed by atoms with E-state index < -0.39 is 0 Å². The van der Waals surface area contributed by atoms with Crippen molar-refractivity contribution in [1.29, 1.82) is 5.26 Å². The average Bonchev–Trinajstić information content (AvgIpc) is 3.56. The van der Waals surface area contributed by atoms with E-state index in [9.17, 15) is 4.79 Å². The van der Waals surface area contributed by atoms with Crippen molar-refractivity contribution < 1.29 is 4.79 Å². The van der Waals surface area contributed by atoms with Crippen LogP contribution < -0.4 is 0 Å². The van der Waals surface area contributed by atoms with E-state index in [-0.39, 0.29) is 11.9 Å². The number of thiophene rings is 1. The zero-order valence-corrected chi connectivity index (χ0v) is 21.5.